The van der Waals surface area contributed by atoms with Crippen molar-refractivity contribution < 1.29 is 13.2 Å². The van der Waals surface area contributed by atoms with Crippen LogP contribution in [0.1, 0.15) is 0 Å². The number of likely N-dealkylation sites (N-methyl/N-ethyl adjacent to an activating group) is 1. The summed E-state index contributed by atoms with van der Waals surface area (Å²) in [5.74, 6) is -0.399. The summed E-state index contributed by atoms with van der Waals surface area (Å²) in [6, 6.07) is 10.3. The van der Waals surface area contributed by atoms with Gasteiger partial charge in [-0.15, -0.1) is 11.3 Å². The number of para-hydroxylation sites is 1. The molecule has 0 unspecified atom stereocenters. The number of benzene rings is 1. The molecule has 0 fully saturated rings. The van der Waals surface area contributed by atoms with Crippen LogP contribution in [0, 0.1) is 0 Å². The van der Waals surface area contributed by atoms with Crippen LogP contribution in [0.4, 0.5) is 5.69 Å². The highest BCUT2D eigenvalue weighted by molar-refractivity contribution is 9.10. The minimum absolute atomic E-state index is 0.221. The lowest BCUT2D eigenvalue weighted by Gasteiger charge is -2.16. The van der Waals surface area contributed by atoms with Gasteiger partial charge in [-0.1, -0.05) is 18.2 Å². The fourth-order valence-electron chi connectivity index (χ4n) is 1.60. The Balaban J connectivity index is 2.05. The normalized spacial score (nSPS) is 11.6. The molecule has 21 heavy (non-hydrogen) atoms. The third-order valence-corrected chi connectivity index (χ3v) is 6.54. The first-order chi connectivity index (χ1) is 9.91. The number of anilines is 1. The maximum Gasteiger partial charge on any atom is 0.252 e. The quantitative estimate of drug-likeness (QED) is 0.855. The first-order valence-electron chi connectivity index (χ1n) is 5.95. The van der Waals surface area contributed by atoms with E-state index in [1.54, 1.807) is 29.6 Å². The molecule has 0 saturated heterocycles. The molecule has 8 heteroatoms. The molecule has 0 spiro atoms. The lowest BCUT2D eigenvalue weighted by molar-refractivity contribution is -0.116. The van der Waals surface area contributed by atoms with Gasteiger partial charge in [-0.25, -0.2) is 8.42 Å². The number of hydrogen-bond donors (Lipinski definition) is 1. The van der Waals surface area contributed by atoms with E-state index in [2.05, 4.69) is 21.2 Å². The number of amides is 1. The zero-order valence-electron chi connectivity index (χ0n) is 11.1. The summed E-state index contributed by atoms with van der Waals surface area (Å²) in [7, 11) is -2.23. The van der Waals surface area contributed by atoms with Gasteiger partial charge < -0.3 is 5.32 Å². The van der Waals surface area contributed by atoms with Gasteiger partial charge in [0.1, 0.15) is 4.21 Å². The van der Waals surface area contributed by atoms with Gasteiger partial charge in [0.25, 0.3) is 10.0 Å². The van der Waals surface area contributed by atoms with Gasteiger partial charge in [-0.2, -0.15) is 4.31 Å². The topological polar surface area (TPSA) is 66.5 Å². The average molecular weight is 389 g/mol. The first kappa shape index (κ1) is 16.2. The van der Waals surface area contributed by atoms with E-state index in [-0.39, 0.29) is 10.8 Å². The van der Waals surface area contributed by atoms with Crippen LogP contribution >= 0.6 is 27.3 Å². The number of halogens is 1. The van der Waals surface area contributed by atoms with Crippen LogP contribution in [-0.2, 0) is 14.8 Å². The number of rotatable bonds is 5. The van der Waals surface area contributed by atoms with Crippen LogP contribution in [0.25, 0.3) is 0 Å². The Labute approximate surface area is 135 Å². The Bertz CT molecular complexity index is 730. The van der Waals surface area contributed by atoms with Crippen LogP contribution in [0.15, 0.2) is 50.5 Å². The Morgan fingerprint density at radius 3 is 2.62 bits per heavy atom. The van der Waals surface area contributed by atoms with Crippen molar-refractivity contribution in [2.45, 2.75) is 4.21 Å². The lowest BCUT2D eigenvalue weighted by atomic mass is 10.3. The number of carbonyl (C=O) groups is 1. The summed E-state index contributed by atoms with van der Waals surface area (Å²) < 4.78 is 26.4. The zero-order valence-corrected chi connectivity index (χ0v) is 14.3. The molecule has 0 aliphatic carbocycles. The maximum absolute atomic E-state index is 12.2. The van der Waals surface area contributed by atoms with Gasteiger partial charge in [0.15, 0.2) is 0 Å². The zero-order chi connectivity index (χ0) is 15.5. The Kier molecular flexibility index (Phi) is 5.15. The maximum atomic E-state index is 12.2. The fourth-order valence-corrected chi connectivity index (χ4v) is 4.32. The van der Waals surface area contributed by atoms with E-state index >= 15 is 0 Å². The highest BCUT2D eigenvalue weighted by Gasteiger charge is 2.23. The highest BCUT2D eigenvalue weighted by Crippen LogP contribution is 2.22. The molecule has 1 N–H and O–H groups in total. The monoisotopic (exact) mass is 388 g/mol. The largest absolute Gasteiger partial charge is 0.324 e. The SMILES string of the molecule is CN(CC(=O)Nc1ccccc1Br)S(=O)(=O)c1cccs1. The molecule has 112 valence electrons. The average Bonchev–Trinajstić information content (AvgIpc) is 2.96. The number of carbonyl (C=O) groups excluding carboxylic acids is 1. The van der Waals surface area contributed by atoms with Crippen molar-refractivity contribution in [2.24, 2.45) is 0 Å². The van der Waals surface area contributed by atoms with E-state index in [1.807, 2.05) is 6.07 Å². The van der Waals surface area contributed by atoms with Crippen molar-refractivity contribution in [3.8, 4) is 0 Å². The van der Waals surface area contributed by atoms with Gasteiger partial charge >= 0.3 is 0 Å². The van der Waals surface area contributed by atoms with Gasteiger partial charge in [-0.05, 0) is 39.5 Å². The molecule has 0 atom stereocenters. The molecule has 1 aromatic heterocycles. The minimum Gasteiger partial charge on any atom is -0.324 e. The number of nitrogens with one attached hydrogen (secondary N) is 1. The lowest BCUT2D eigenvalue weighted by Crippen LogP contribution is -2.34. The molecule has 0 radical (unpaired) electrons. The fraction of sp³-hybridized carbons (Fsp3) is 0.154. The van der Waals surface area contributed by atoms with E-state index < -0.39 is 15.9 Å². The molecular formula is C13H13BrN2O3S2. The predicted molar refractivity (Wildman–Crippen MR) is 86.9 cm³/mol. The summed E-state index contributed by atoms with van der Waals surface area (Å²) in [6.45, 7) is -0.248. The highest BCUT2D eigenvalue weighted by atomic mass is 79.9. The summed E-state index contributed by atoms with van der Waals surface area (Å²) in [5, 5.41) is 4.35. The minimum atomic E-state index is -3.61. The molecule has 2 aromatic rings. The summed E-state index contributed by atoms with van der Waals surface area (Å²) in [4.78, 5) is 12.0. The summed E-state index contributed by atoms with van der Waals surface area (Å²) in [5.41, 5.74) is 0.601. The van der Waals surface area contributed by atoms with Gasteiger partial charge in [0.2, 0.25) is 5.91 Å². The van der Waals surface area contributed by atoms with Gasteiger partial charge in [0.05, 0.1) is 12.2 Å². The molecular weight excluding hydrogens is 376 g/mol. The second kappa shape index (κ2) is 6.69. The van der Waals surface area contributed by atoms with Crippen molar-refractivity contribution in [1.29, 1.82) is 0 Å². The van der Waals surface area contributed by atoms with E-state index in [1.165, 1.54) is 13.1 Å². The van der Waals surface area contributed by atoms with Crippen LogP contribution < -0.4 is 5.32 Å². The van der Waals surface area contributed by atoms with Crippen molar-refractivity contribution in [1.82, 2.24) is 4.31 Å². The summed E-state index contributed by atoms with van der Waals surface area (Å²) >= 11 is 4.44. The van der Waals surface area contributed by atoms with Crippen LogP contribution in [-0.4, -0.2) is 32.2 Å². The van der Waals surface area contributed by atoms with Crippen LogP contribution in [0.5, 0.6) is 0 Å². The second-order valence-corrected chi connectivity index (χ2v) is 8.29. The number of sulfonamides is 1. The number of hydrogen-bond acceptors (Lipinski definition) is 4. The number of thiophene rings is 1. The van der Waals surface area contributed by atoms with Crippen molar-refractivity contribution >= 4 is 48.9 Å². The molecule has 5 nitrogen and oxygen atoms in total. The predicted octanol–water partition coefficient (Wildman–Crippen LogP) is 2.77. The van der Waals surface area contributed by atoms with Crippen LogP contribution in [0.3, 0.4) is 0 Å². The molecule has 0 aliphatic rings. The number of nitrogens with zero attached hydrogens (tertiary/aromatic N) is 1. The Morgan fingerprint density at radius 1 is 1.29 bits per heavy atom. The Hall–Kier alpha value is -1.22. The molecule has 2 rings (SSSR count). The molecule has 1 heterocycles. The molecule has 0 bridgehead atoms. The van der Waals surface area contributed by atoms with Crippen molar-refractivity contribution in [2.75, 3.05) is 18.9 Å². The molecule has 1 amide bonds. The third-order valence-electron chi connectivity index (χ3n) is 2.67. The smallest absolute Gasteiger partial charge is 0.252 e. The molecule has 1 aromatic carbocycles. The van der Waals surface area contributed by atoms with Crippen molar-refractivity contribution in [3.63, 3.8) is 0 Å². The Morgan fingerprint density at radius 2 is 2.00 bits per heavy atom. The van der Waals surface area contributed by atoms with E-state index in [9.17, 15) is 13.2 Å². The van der Waals surface area contributed by atoms with E-state index in [4.69, 9.17) is 0 Å². The van der Waals surface area contributed by atoms with Crippen LogP contribution in [0.2, 0.25) is 0 Å². The van der Waals surface area contributed by atoms with Gasteiger partial charge in [0, 0.05) is 11.5 Å². The molecule has 0 aliphatic heterocycles. The third kappa shape index (κ3) is 3.91. The van der Waals surface area contributed by atoms with Gasteiger partial charge in [-0.3, -0.25) is 4.79 Å². The summed E-state index contributed by atoms with van der Waals surface area (Å²) in [6.07, 6.45) is 0. The van der Waals surface area contributed by atoms with Crippen molar-refractivity contribution in [3.05, 3.63) is 46.3 Å². The second-order valence-electron chi connectivity index (χ2n) is 4.22. The first-order valence-corrected chi connectivity index (χ1v) is 9.07. The van der Waals surface area contributed by atoms with E-state index in [0.29, 0.717) is 5.69 Å². The molecule has 0 saturated carbocycles. The standard InChI is InChI=1S/C13H13BrN2O3S2/c1-16(21(18,19)13-7-4-8-20-13)9-12(17)15-11-6-3-2-5-10(11)14/h2-8H,9H2,1H3,(H,15,17). The van der Waals surface area contributed by atoms with E-state index in [0.717, 1.165) is 20.1 Å².